The highest BCUT2D eigenvalue weighted by molar-refractivity contribution is 5.93. The number of aromatic nitrogens is 2. The van der Waals surface area contributed by atoms with E-state index in [-0.39, 0.29) is 17.9 Å². The van der Waals surface area contributed by atoms with Gasteiger partial charge in [-0.3, -0.25) is 14.2 Å². The van der Waals surface area contributed by atoms with Crippen LogP contribution in [-0.2, 0) is 11.3 Å². The van der Waals surface area contributed by atoms with Crippen molar-refractivity contribution in [3.63, 3.8) is 0 Å². The molecular weight excluding hydrogens is 358 g/mol. The van der Waals surface area contributed by atoms with Gasteiger partial charge in [0, 0.05) is 30.1 Å². The van der Waals surface area contributed by atoms with Crippen LogP contribution >= 0.6 is 0 Å². The number of para-hydroxylation sites is 1. The molecule has 0 spiro atoms. The van der Waals surface area contributed by atoms with E-state index in [4.69, 9.17) is 4.42 Å². The zero-order valence-corrected chi connectivity index (χ0v) is 14.9. The summed E-state index contributed by atoms with van der Waals surface area (Å²) >= 11 is 0. The molecule has 0 unspecified atom stereocenters. The lowest BCUT2D eigenvalue weighted by Gasteiger charge is -2.08. The van der Waals surface area contributed by atoms with Gasteiger partial charge in [-0.15, -0.1) is 0 Å². The minimum Gasteiger partial charge on any atom is -0.423 e. The van der Waals surface area contributed by atoms with Crippen molar-refractivity contribution in [2.24, 2.45) is 0 Å². The molecular formula is C21H17N3O4. The van der Waals surface area contributed by atoms with E-state index in [2.05, 4.69) is 10.3 Å². The summed E-state index contributed by atoms with van der Waals surface area (Å²) in [5, 5.41) is 4.11. The quantitative estimate of drug-likeness (QED) is 0.541. The summed E-state index contributed by atoms with van der Waals surface area (Å²) in [7, 11) is 0. The molecule has 0 aliphatic carbocycles. The van der Waals surface area contributed by atoms with Crippen LogP contribution < -0.4 is 16.5 Å². The first kappa shape index (κ1) is 17.7. The topological polar surface area (TPSA) is 94.2 Å². The predicted molar refractivity (Wildman–Crippen MR) is 106 cm³/mol. The number of anilines is 1. The van der Waals surface area contributed by atoms with Gasteiger partial charge in [0.1, 0.15) is 5.58 Å². The number of carbonyl (C=O) groups excluding carboxylic acids is 1. The van der Waals surface area contributed by atoms with E-state index in [0.717, 1.165) is 5.39 Å². The maximum atomic E-state index is 12.4. The van der Waals surface area contributed by atoms with Gasteiger partial charge in [-0.25, -0.2) is 9.78 Å². The van der Waals surface area contributed by atoms with Gasteiger partial charge in [0.25, 0.3) is 5.56 Å². The van der Waals surface area contributed by atoms with Crippen molar-refractivity contribution >= 4 is 33.5 Å². The second-order valence-corrected chi connectivity index (χ2v) is 6.42. The lowest BCUT2D eigenvalue weighted by atomic mass is 10.2. The molecule has 4 rings (SSSR count). The highest BCUT2D eigenvalue weighted by Crippen LogP contribution is 2.18. The standard InChI is InChI=1S/C21H17N3O4/c25-19(23-15-8-9-18-14(12-15)7-10-20(26)28-18)6-3-11-24-13-22-17-5-2-1-4-16(17)21(24)27/h1-2,4-5,7-10,12-13H,3,6,11H2,(H,23,25). The summed E-state index contributed by atoms with van der Waals surface area (Å²) in [5.74, 6) is -0.154. The van der Waals surface area contributed by atoms with E-state index in [1.165, 1.54) is 17.0 Å². The third kappa shape index (κ3) is 3.68. The van der Waals surface area contributed by atoms with E-state index in [1.54, 1.807) is 42.5 Å². The summed E-state index contributed by atoms with van der Waals surface area (Å²) in [5.41, 5.74) is 1.22. The molecule has 0 saturated heterocycles. The maximum absolute atomic E-state index is 12.4. The Balaban J connectivity index is 1.38. The number of nitrogens with zero attached hydrogens (tertiary/aromatic N) is 2. The van der Waals surface area contributed by atoms with E-state index < -0.39 is 5.63 Å². The predicted octanol–water partition coefficient (Wildman–Crippen LogP) is 2.92. The normalized spacial score (nSPS) is 11.0. The number of benzene rings is 2. The molecule has 7 heteroatoms. The first-order chi connectivity index (χ1) is 13.6. The molecule has 0 aliphatic heterocycles. The average Bonchev–Trinajstić information content (AvgIpc) is 2.70. The van der Waals surface area contributed by atoms with Crippen LogP contribution in [0.1, 0.15) is 12.8 Å². The van der Waals surface area contributed by atoms with E-state index >= 15 is 0 Å². The number of nitrogens with one attached hydrogen (secondary N) is 1. The van der Waals surface area contributed by atoms with E-state index in [1.807, 2.05) is 6.07 Å². The summed E-state index contributed by atoms with van der Waals surface area (Å²) < 4.78 is 6.59. The Morgan fingerprint density at radius 3 is 2.82 bits per heavy atom. The average molecular weight is 375 g/mol. The van der Waals surface area contributed by atoms with Crippen LogP contribution in [0, 0.1) is 0 Å². The molecule has 0 saturated carbocycles. The Morgan fingerprint density at radius 1 is 1.07 bits per heavy atom. The summed E-state index contributed by atoms with van der Waals surface area (Å²) in [6, 6.07) is 15.2. The molecule has 28 heavy (non-hydrogen) atoms. The lowest BCUT2D eigenvalue weighted by Crippen LogP contribution is -2.21. The number of fused-ring (bicyclic) bond motifs is 2. The van der Waals surface area contributed by atoms with E-state index in [9.17, 15) is 14.4 Å². The third-order valence-electron chi connectivity index (χ3n) is 4.44. The van der Waals surface area contributed by atoms with Crippen molar-refractivity contribution in [3.8, 4) is 0 Å². The zero-order valence-electron chi connectivity index (χ0n) is 14.9. The van der Waals surface area contributed by atoms with Crippen molar-refractivity contribution < 1.29 is 9.21 Å². The first-order valence-electron chi connectivity index (χ1n) is 8.88. The molecule has 0 bridgehead atoms. The summed E-state index contributed by atoms with van der Waals surface area (Å²) in [6.07, 6.45) is 2.29. The van der Waals surface area contributed by atoms with Crippen LogP contribution in [0.3, 0.4) is 0 Å². The Kier molecular flexibility index (Phi) is 4.72. The molecule has 2 aromatic carbocycles. The van der Waals surface area contributed by atoms with Gasteiger partial charge in [-0.1, -0.05) is 12.1 Å². The van der Waals surface area contributed by atoms with Gasteiger partial charge in [0.05, 0.1) is 17.2 Å². The molecule has 4 aromatic rings. The largest absolute Gasteiger partial charge is 0.423 e. The van der Waals surface area contributed by atoms with Crippen molar-refractivity contribution in [2.45, 2.75) is 19.4 Å². The highest BCUT2D eigenvalue weighted by atomic mass is 16.4. The minimum absolute atomic E-state index is 0.109. The molecule has 0 aliphatic rings. The monoisotopic (exact) mass is 375 g/mol. The molecule has 0 radical (unpaired) electrons. The van der Waals surface area contributed by atoms with Crippen molar-refractivity contribution in [2.75, 3.05) is 5.32 Å². The molecule has 140 valence electrons. The van der Waals surface area contributed by atoms with Gasteiger partial charge in [0.15, 0.2) is 0 Å². The molecule has 1 amide bonds. The van der Waals surface area contributed by atoms with Gasteiger partial charge in [0.2, 0.25) is 5.91 Å². The maximum Gasteiger partial charge on any atom is 0.336 e. The van der Waals surface area contributed by atoms with E-state index in [0.29, 0.717) is 35.1 Å². The van der Waals surface area contributed by atoms with Gasteiger partial charge in [-0.05, 0) is 42.8 Å². The smallest absolute Gasteiger partial charge is 0.336 e. The molecule has 2 heterocycles. The van der Waals surface area contributed by atoms with Crippen LogP contribution in [-0.4, -0.2) is 15.5 Å². The van der Waals surface area contributed by atoms with Crippen molar-refractivity contribution in [1.82, 2.24) is 9.55 Å². The number of carbonyl (C=O) groups is 1. The number of hydrogen-bond acceptors (Lipinski definition) is 5. The van der Waals surface area contributed by atoms with Crippen LogP contribution in [0.25, 0.3) is 21.9 Å². The zero-order chi connectivity index (χ0) is 19.5. The number of rotatable bonds is 5. The van der Waals surface area contributed by atoms with Crippen molar-refractivity contribution in [1.29, 1.82) is 0 Å². The van der Waals surface area contributed by atoms with Gasteiger partial charge >= 0.3 is 5.63 Å². The van der Waals surface area contributed by atoms with Crippen LogP contribution in [0.5, 0.6) is 0 Å². The van der Waals surface area contributed by atoms with Crippen LogP contribution in [0.15, 0.2) is 74.9 Å². The SMILES string of the molecule is O=C(CCCn1cnc2ccccc2c1=O)Nc1ccc2oc(=O)ccc2c1. The summed E-state index contributed by atoms with van der Waals surface area (Å²) in [4.78, 5) is 40.1. The van der Waals surface area contributed by atoms with Crippen LogP contribution in [0.4, 0.5) is 5.69 Å². The number of aryl methyl sites for hydroxylation is 1. The molecule has 0 fully saturated rings. The number of hydrogen-bond donors (Lipinski definition) is 1. The summed E-state index contributed by atoms with van der Waals surface area (Å²) in [6.45, 7) is 0.410. The highest BCUT2D eigenvalue weighted by Gasteiger charge is 2.07. The molecule has 7 nitrogen and oxygen atoms in total. The Morgan fingerprint density at radius 2 is 1.93 bits per heavy atom. The van der Waals surface area contributed by atoms with Gasteiger partial charge in [-0.2, -0.15) is 0 Å². The van der Waals surface area contributed by atoms with Gasteiger partial charge < -0.3 is 9.73 Å². The third-order valence-corrected chi connectivity index (χ3v) is 4.44. The Hall–Kier alpha value is -3.74. The fourth-order valence-corrected chi connectivity index (χ4v) is 3.05. The molecule has 2 aromatic heterocycles. The fourth-order valence-electron chi connectivity index (χ4n) is 3.05. The number of amides is 1. The Labute approximate surface area is 159 Å². The van der Waals surface area contributed by atoms with Crippen molar-refractivity contribution in [3.05, 3.63) is 81.7 Å². The minimum atomic E-state index is -0.414. The first-order valence-corrected chi connectivity index (χ1v) is 8.88. The van der Waals surface area contributed by atoms with Crippen LogP contribution in [0.2, 0.25) is 0 Å². The Bertz CT molecular complexity index is 1290. The second-order valence-electron chi connectivity index (χ2n) is 6.42. The molecule has 0 atom stereocenters. The molecule has 1 N–H and O–H groups in total. The fraction of sp³-hybridized carbons (Fsp3) is 0.143. The second kappa shape index (κ2) is 7.48. The lowest BCUT2D eigenvalue weighted by molar-refractivity contribution is -0.116.